The molecule has 19 heavy (non-hydrogen) atoms. The number of nitrogens with zero attached hydrogens (tertiary/aromatic N) is 2. The van der Waals surface area contributed by atoms with Gasteiger partial charge >= 0.3 is 0 Å². The fraction of sp³-hybridized carbons (Fsp3) is 0.688. The standard InChI is InChI=1S/C16H27N3/c1-5-13(4)19(6-2)16-10-14(9-12(3)18-16)11-17-15-7-8-15/h9-10,13,15,17H,5-8,11H2,1-4H3. The Morgan fingerprint density at radius 1 is 1.37 bits per heavy atom. The first kappa shape index (κ1) is 14.3. The monoisotopic (exact) mass is 261 g/mol. The molecule has 0 bridgehead atoms. The van der Waals surface area contributed by atoms with Crippen molar-refractivity contribution in [1.29, 1.82) is 0 Å². The summed E-state index contributed by atoms with van der Waals surface area (Å²) in [6.07, 6.45) is 3.83. The van der Waals surface area contributed by atoms with Gasteiger partial charge in [0, 0.05) is 30.9 Å². The van der Waals surface area contributed by atoms with Gasteiger partial charge in [-0.1, -0.05) is 6.92 Å². The second-order valence-electron chi connectivity index (χ2n) is 5.67. The van der Waals surface area contributed by atoms with Crippen molar-refractivity contribution in [1.82, 2.24) is 10.3 Å². The summed E-state index contributed by atoms with van der Waals surface area (Å²) in [5.74, 6) is 1.13. The van der Waals surface area contributed by atoms with E-state index in [9.17, 15) is 0 Å². The van der Waals surface area contributed by atoms with Crippen molar-refractivity contribution in [2.45, 2.75) is 65.6 Å². The lowest BCUT2D eigenvalue weighted by molar-refractivity contribution is 0.620. The minimum atomic E-state index is 0.545. The first-order valence-corrected chi connectivity index (χ1v) is 7.61. The lowest BCUT2D eigenvalue weighted by atomic mass is 10.1. The van der Waals surface area contributed by atoms with Gasteiger partial charge in [0.15, 0.2) is 0 Å². The third-order valence-corrected chi connectivity index (χ3v) is 3.93. The molecule has 106 valence electrons. The van der Waals surface area contributed by atoms with Gasteiger partial charge in [-0.2, -0.15) is 0 Å². The van der Waals surface area contributed by atoms with E-state index in [1.165, 1.54) is 18.4 Å². The molecular formula is C16H27N3. The van der Waals surface area contributed by atoms with Crippen LogP contribution in [0, 0.1) is 6.92 Å². The molecule has 1 fully saturated rings. The van der Waals surface area contributed by atoms with Gasteiger partial charge in [-0.25, -0.2) is 4.98 Å². The summed E-state index contributed by atoms with van der Waals surface area (Å²) in [6.45, 7) is 10.8. The van der Waals surface area contributed by atoms with Crippen LogP contribution >= 0.6 is 0 Å². The number of hydrogen-bond donors (Lipinski definition) is 1. The first-order valence-electron chi connectivity index (χ1n) is 7.61. The molecule has 3 heteroatoms. The molecule has 2 rings (SSSR count). The maximum absolute atomic E-state index is 4.71. The maximum Gasteiger partial charge on any atom is 0.129 e. The van der Waals surface area contributed by atoms with E-state index in [-0.39, 0.29) is 0 Å². The van der Waals surface area contributed by atoms with Gasteiger partial charge in [0.25, 0.3) is 0 Å². The number of rotatable bonds is 7. The molecule has 3 nitrogen and oxygen atoms in total. The van der Waals surface area contributed by atoms with Crippen LogP contribution in [0.3, 0.4) is 0 Å². The Bertz CT molecular complexity index is 412. The minimum absolute atomic E-state index is 0.545. The van der Waals surface area contributed by atoms with E-state index in [1.807, 2.05) is 0 Å². The van der Waals surface area contributed by atoms with Gasteiger partial charge < -0.3 is 10.2 Å². The van der Waals surface area contributed by atoms with Crippen molar-refractivity contribution < 1.29 is 0 Å². The largest absolute Gasteiger partial charge is 0.354 e. The van der Waals surface area contributed by atoms with Crippen LogP contribution in [-0.2, 0) is 6.54 Å². The molecule has 1 aromatic rings. The molecule has 1 aliphatic carbocycles. The number of aryl methyl sites for hydroxylation is 1. The van der Waals surface area contributed by atoms with Gasteiger partial charge in [0.1, 0.15) is 5.82 Å². The average molecular weight is 261 g/mol. The summed E-state index contributed by atoms with van der Waals surface area (Å²) < 4.78 is 0. The molecule has 1 aliphatic rings. The number of anilines is 1. The first-order chi connectivity index (χ1) is 9.13. The van der Waals surface area contributed by atoms with Crippen molar-refractivity contribution in [2.75, 3.05) is 11.4 Å². The van der Waals surface area contributed by atoms with Gasteiger partial charge in [-0.15, -0.1) is 0 Å². The molecule has 0 aromatic carbocycles. The van der Waals surface area contributed by atoms with Crippen molar-refractivity contribution in [3.63, 3.8) is 0 Å². The third kappa shape index (κ3) is 3.93. The average Bonchev–Trinajstić information content (AvgIpc) is 3.20. The molecule has 0 amide bonds. The van der Waals surface area contributed by atoms with Crippen LogP contribution in [-0.4, -0.2) is 23.6 Å². The lowest BCUT2D eigenvalue weighted by Gasteiger charge is -2.29. The molecule has 1 aromatic heterocycles. The topological polar surface area (TPSA) is 28.2 Å². The van der Waals surface area contributed by atoms with Gasteiger partial charge in [0.2, 0.25) is 0 Å². The normalized spacial score (nSPS) is 16.4. The summed E-state index contributed by atoms with van der Waals surface area (Å²) in [7, 11) is 0. The Balaban J connectivity index is 2.13. The van der Waals surface area contributed by atoms with Crippen molar-refractivity contribution >= 4 is 5.82 Å². The Labute approximate surface area is 117 Å². The van der Waals surface area contributed by atoms with Gasteiger partial charge in [-0.05, 0) is 57.7 Å². The van der Waals surface area contributed by atoms with E-state index in [4.69, 9.17) is 4.98 Å². The highest BCUT2D eigenvalue weighted by atomic mass is 15.2. The minimum Gasteiger partial charge on any atom is -0.354 e. The Morgan fingerprint density at radius 2 is 2.11 bits per heavy atom. The SMILES string of the molecule is CCC(C)N(CC)c1cc(CNC2CC2)cc(C)n1. The molecule has 1 N–H and O–H groups in total. The molecule has 1 unspecified atom stereocenters. The van der Waals surface area contributed by atoms with Crippen molar-refractivity contribution in [3.8, 4) is 0 Å². The number of hydrogen-bond acceptors (Lipinski definition) is 3. The van der Waals surface area contributed by atoms with Gasteiger partial charge in [0.05, 0.1) is 0 Å². The molecule has 0 saturated heterocycles. The molecule has 0 spiro atoms. The molecule has 1 atom stereocenters. The highest BCUT2D eigenvalue weighted by Crippen LogP contribution is 2.21. The Morgan fingerprint density at radius 3 is 2.68 bits per heavy atom. The third-order valence-electron chi connectivity index (χ3n) is 3.93. The lowest BCUT2D eigenvalue weighted by Crippen LogP contribution is -2.33. The zero-order chi connectivity index (χ0) is 13.8. The highest BCUT2D eigenvalue weighted by molar-refractivity contribution is 5.43. The second-order valence-corrected chi connectivity index (χ2v) is 5.67. The van der Waals surface area contributed by atoms with Crippen LogP contribution in [0.4, 0.5) is 5.82 Å². The number of pyridine rings is 1. The molecule has 1 saturated carbocycles. The maximum atomic E-state index is 4.71. The highest BCUT2D eigenvalue weighted by Gasteiger charge is 2.20. The van der Waals surface area contributed by atoms with E-state index in [1.54, 1.807) is 0 Å². The van der Waals surface area contributed by atoms with Crippen LogP contribution in [0.15, 0.2) is 12.1 Å². The van der Waals surface area contributed by atoms with E-state index in [0.29, 0.717) is 6.04 Å². The molecular weight excluding hydrogens is 234 g/mol. The smallest absolute Gasteiger partial charge is 0.129 e. The van der Waals surface area contributed by atoms with E-state index < -0.39 is 0 Å². The van der Waals surface area contributed by atoms with Crippen molar-refractivity contribution in [2.24, 2.45) is 0 Å². The van der Waals surface area contributed by atoms with Crippen LogP contribution in [0.2, 0.25) is 0 Å². The van der Waals surface area contributed by atoms with Crippen molar-refractivity contribution in [3.05, 3.63) is 23.4 Å². The van der Waals surface area contributed by atoms with Gasteiger partial charge in [-0.3, -0.25) is 0 Å². The summed E-state index contributed by atoms with van der Waals surface area (Å²) in [5, 5.41) is 3.58. The summed E-state index contributed by atoms with van der Waals surface area (Å²) in [6, 6.07) is 5.75. The Hall–Kier alpha value is -1.09. The van der Waals surface area contributed by atoms with E-state index in [2.05, 4.69) is 50.0 Å². The van der Waals surface area contributed by atoms with Crippen LogP contribution in [0.25, 0.3) is 0 Å². The number of nitrogens with one attached hydrogen (secondary N) is 1. The van der Waals surface area contributed by atoms with E-state index in [0.717, 1.165) is 37.1 Å². The summed E-state index contributed by atoms with van der Waals surface area (Å²) in [5.41, 5.74) is 2.48. The molecule has 0 aliphatic heterocycles. The molecule has 1 heterocycles. The molecule has 0 radical (unpaired) electrons. The zero-order valence-corrected chi connectivity index (χ0v) is 12.7. The predicted molar refractivity (Wildman–Crippen MR) is 81.6 cm³/mol. The summed E-state index contributed by atoms with van der Waals surface area (Å²) >= 11 is 0. The summed E-state index contributed by atoms with van der Waals surface area (Å²) in [4.78, 5) is 7.11. The quantitative estimate of drug-likeness (QED) is 0.816. The second kappa shape index (κ2) is 6.38. The predicted octanol–water partition coefficient (Wildman–Crippen LogP) is 3.27. The number of aromatic nitrogens is 1. The fourth-order valence-corrected chi connectivity index (χ4v) is 2.44. The Kier molecular flexibility index (Phi) is 4.81. The van der Waals surface area contributed by atoms with E-state index >= 15 is 0 Å². The van der Waals surface area contributed by atoms with Crippen LogP contribution < -0.4 is 10.2 Å². The van der Waals surface area contributed by atoms with Crippen LogP contribution in [0.1, 0.15) is 51.3 Å². The zero-order valence-electron chi connectivity index (χ0n) is 12.7. The van der Waals surface area contributed by atoms with Crippen LogP contribution in [0.5, 0.6) is 0 Å². The fourth-order valence-electron chi connectivity index (χ4n) is 2.44.